The van der Waals surface area contributed by atoms with E-state index in [0.29, 0.717) is 5.69 Å². The Hall–Kier alpha value is -1.04. The standard InChI is InChI=1S/C8H11FN2O2S/c1-8(2,3)6-4-5-10-7(11-6)14(9,12)13/h4-5H,1-3H3. The van der Waals surface area contributed by atoms with Crippen molar-refractivity contribution in [1.29, 1.82) is 0 Å². The van der Waals surface area contributed by atoms with Crippen LogP contribution in [0.15, 0.2) is 17.4 Å². The van der Waals surface area contributed by atoms with Gasteiger partial charge in [0, 0.05) is 11.6 Å². The highest BCUT2D eigenvalue weighted by Gasteiger charge is 2.21. The Morgan fingerprint density at radius 3 is 2.36 bits per heavy atom. The molecule has 0 fully saturated rings. The summed E-state index contributed by atoms with van der Waals surface area (Å²) < 4.78 is 33.6. The quantitative estimate of drug-likeness (QED) is 0.528. The molecule has 0 amide bonds. The van der Waals surface area contributed by atoms with Gasteiger partial charge in [0.15, 0.2) is 0 Å². The van der Waals surface area contributed by atoms with Crippen LogP contribution in [0.2, 0.25) is 0 Å². The molecule has 0 aromatic carbocycles. The summed E-state index contributed by atoms with van der Waals surface area (Å²) in [6.45, 7) is 5.55. The Kier molecular flexibility index (Phi) is 2.58. The average molecular weight is 218 g/mol. The third-order valence-corrected chi connectivity index (χ3v) is 2.25. The van der Waals surface area contributed by atoms with Crippen LogP contribution in [0.5, 0.6) is 0 Å². The van der Waals surface area contributed by atoms with Crippen molar-refractivity contribution >= 4 is 10.2 Å². The molecule has 1 aromatic rings. The summed E-state index contributed by atoms with van der Waals surface area (Å²) in [5.74, 6) is 0. The van der Waals surface area contributed by atoms with Gasteiger partial charge < -0.3 is 0 Å². The second kappa shape index (κ2) is 3.27. The van der Waals surface area contributed by atoms with Gasteiger partial charge in [-0.1, -0.05) is 24.7 Å². The van der Waals surface area contributed by atoms with Crippen LogP contribution in [0, 0.1) is 0 Å². The van der Waals surface area contributed by atoms with Crippen molar-refractivity contribution in [3.05, 3.63) is 18.0 Å². The van der Waals surface area contributed by atoms with E-state index in [2.05, 4.69) is 9.97 Å². The van der Waals surface area contributed by atoms with Crippen LogP contribution in [0.4, 0.5) is 3.89 Å². The minimum Gasteiger partial charge on any atom is -0.224 e. The fourth-order valence-corrected chi connectivity index (χ4v) is 1.27. The summed E-state index contributed by atoms with van der Waals surface area (Å²) >= 11 is 0. The average Bonchev–Trinajstić information content (AvgIpc) is 2.01. The van der Waals surface area contributed by atoms with E-state index in [1.54, 1.807) is 6.07 Å². The number of hydrogen-bond donors (Lipinski definition) is 0. The zero-order valence-corrected chi connectivity index (χ0v) is 8.97. The van der Waals surface area contributed by atoms with Crippen LogP contribution in [-0.4, -0.2) is 18.4 Å². The molecule has 6 heteroatoms. The molecule has 0 saturated heterocycles. The first-order chi connectivity index (χ1) is 6.21. The SMILES string of the molecule is CC(C)(C)c1ccnc(S(=O)(=O)F)n1. The number of halogens is 1. The van der Waals surface area contributed by atoms with Gasteiger partial charge >= 0.3 is 10.2 Å². The lowest BCUT2D eigenvalue weighted by atomic mass is 9.92. The molecule has 0 N–H and O–H groups in total. The van der Waals surface area contributed by atoms with Gasteiger partial charge in [0.25, 0.3) is 5.16 Å². The zero-order chi connectivity index (χ0) is 11.0. The predicted molar refractivity (Wildman–Crippen MR) is 49.0 cm³/mol. The van der Waals surface area contributed by atoms with Crippen LogP contribution in [0.25, 0.3) is 0 Å². The lowest BCUT2D eigenvalue weighted by molar-refractivity contribution is 0.527. The maximum absolute atomic E-state index is 12.5. The summed E-state index contributed by atoms with van der Waals surface area (Å²) in [4.78, 5) is 6.99. The van der Waals surface area contributed by atoms with E-state index in [0.717, 1.165) is 0 Å². The van der Waals surface area contributed by atoms with Gasteiger partial charge in [0.1, 0.15) is 0 Å². The van der Waals surface area contributed by atoms with Crippen LogP contribution in [0.3, 0.4) is 0 Å². The van der Waals surface area contributed by atoms with Crippen molar-refractivity contribution in [3.8, 4) is 0 Å². The summed E-state index contributed by atoms with van der Waals surface area (Å²) in [5, 5.41) is -0.773. The Labute approximate surface area is 82.4 Å². The molecule has 0 spiro atoms. The Balaban J connectivity index is 3.29. The molecule has 0 bridgehead atoms. The molecule has 1 heterocycles. The van der Waals surface area contributed by atoms with E-state index in [9.17, 15) is 12.3 Å². The molecule has 0 atom stereocenters. The summed E-state index contributed by atoms with van der Waals surface area (Å²) in [6.07, 6.45) is 1.24. The highest BCUT2D eigenvalue weighted by atomic mass is 32.3. The van der Waals surface area contributed by atoms with Crippen LogP contribution >= 0.6 is 0 Å². The van der Waals surface area contributed by atoms with Crippen molar-refractivity contribution < 1.29 is 12.3 Å². The molecule has 78 valence electrons. The van der Waals surface area contributed by atoms with Gasteiger partial charge in [-0.05, 0) is 6.07 Å². The molecule has 0 radical (unpaired) electrons. The molecule has 0 unspecified atom stereocenters. The summed E-state index contributed by atoms with van der Waals surface area (Å²) in [7, 11) is -4.81. The van der Waals surface area contributed by atoms with Gasteiger partial charge in [-0.2, -0.15) is 8.42 Å². The number of nitrogens with zero attached hydrogens (tertiary/aromatic N) is 2. The molecule has 0 aliphatic rings. The molecule has 0 aliphatic carbocycles. The fraction of sp³-hybridized carbons (Fsp3) is 0.500. The Bertz CT molecular complexity index is 437. The smallest absolute Gasteiger partial charge is 0.224 e. The van der Waals surface area contributed by atoms with Gasteiger partial charge in [-0.25, -0.2) is 9.97 Å². The van der Waals surface area contributed by atoms with Crippen molar-refractivity contribution in [3.63, 3.8) is 0 Å². The maximum Gasteiger partial charge on any atom is 0.368 e. The third kappa shape index (κ3) is 2.47. The van der Waals surface area contributed by atoms with Crippen LogP contribution in [-0.2, 0) is 15.6 Å². The predicted octanol–water partition coefficient (Wildman–Crippen LogP) is 1.43. The molecule has 4 nitrogen and oxygen atoms in total. The van der Waals surface area contributed by atoms with Gasteiger partial charge in [-0.3, -0.25) is 0 Å². The van der Waals surface area contributed by atoms with Gasteiger partial charge in [0.2, 0.25) is 0 Å². The largest absolute Gasteiger partial charge is 0.368 e. The summed E-state index contributed by atoms with van der Waals surface area (Å²) in [6, 6.07) is 1.56. The van der Waals surface area contributed by atoms with E-state index in [1.165, 1.54) is 6.20 Å². The van der Waals surface area contributed by atoms with Crippen LogP contribution < -0.4 is 0 Å². The Morgan fingerprint density at radius 1 is 1.36 bits per heavy atom. The molecular weight excluding hydrogens is 207 g/mol. The van der Waals surface area contributed by atoms with Crippen LogP contribution in [0.1, 0.15) is 26.5 Å². The van der Waals surface area contributed by atoms with E-state index >= 15 is 0 Å². The number of aromatic nitrogens is 2. The van der Waals surface area contributed by atoms with E-state index in [1.807, 2.05) is 20.8 Å². The van der Waals surface area contributed by atoms with Crippen molar-refractivity contribution in [2.24, 2.45) is 0 Å². The van der Waals surface area contributed by atoms with Gasteiger partial charge in [-0.15, -0.1) is 0 Å². The van der Waals surface area contributed by atoms with Crippen molar-refractivity contribution in [2.45, 2.75) is 31.3 Å². The highest BCUT2D eigenvalue weighted by molar-refractivity contribution is 7.86. The molecule has 0 saturated carbocycles. The molecule has 14 heavy (non-hydrogen) atoms. The van der Waals surface area contributed by atoms with Gasteiger partial charge in [0.05, 0.1) is 5.69 Å². The summed E-state index contributed by atoms with van der Waals surface area (Å²) in [5.41, 5.74) is 0.159. The number of rotatable bonds is 1. The molecule has 0 aliphatic heterocycles. The first kappa shape index (κ1) is 11.0. The second-order valence-corrected chi connectivity index (χ2v) is 5.15. The number of hydrogen-bond acceptors (Lipinski definition) is 4. The lowest BCUT2D eigenvalue weighted by Crippen LogP contribution is -2.15. The maximum atomic E-state index is 12.5. The topological polar surface area (TPSA) is 59.9 Å². The van der Waals surface area contributed by atoms with Crippen molar-refractivity contribution in [2.75, 3.05) is 0 Å². The Morgan fingerprint density at radius 2 is 1.93 bits per heavy atom. The van der Waals surface area contributed by atoms with E-state index in [-0.39, 0.29) is 5.41 Å². The highest BCUT2D eigenvalue weighted by Crippen LogP contribution is 2.20. The molecular formula is C8H11FN2O2S. The zero-order valence-electron chi connectivity index (χ0n) is 8.15. The first-order valence-corrected chi connectivity index (χ1v) is 5.38. The van der Waals surface area contributed by atoms with Crippen molar-refractivity contribution in [1.82, 2.24) is 9.97 Å². The third-order valence-electron chi connectivity index (χ3n) is 1.62. The normalized spacial score (nSPS) is 12.9. The lowest BCUT2D eigenvalue weighted by Gasteiger charge is -2.16. The second-order valence-electron chi connectivity index (χ2n) is 3.91. The minimum atomic E-state index is -4.81. The fourth-order valence-electron chi connectivity index (χ4n) is 0.876. The first-order valence-electron chi connectivity index (χ1n) is 3.99. The molecule has 1 aromatic heterocycles. The van der Waals surface area contributed by atoms with E-state index < -0.39 is 15.4 Å². The monoisotopic (exact) mass is 218 g/mol. The minimum absolute atomic E-state index is 0.331. The molecule has 1 rings (SSSR count). The van der Waals surface area contributed by atoms with E-state index in [4.69, 9.17) is 0 Å².